The van der Waals surface area contributed by atoms with E-state index in [0.717, 1.165) is 22.9 Å². The van der Waals surface area contributed by atoms with Crippen LogP contribution in [0.2, 0.25) is 0 Å². The van der Waals surface area contributed by atoms with Crippen molar-refractivity contribution >= 4 is 21.8 Å². The van der Waals surface area contributed by atoms with E-state index in [1.165, 1.54) is 0 Å². The van der Waals surface area contributed by atoms with Crippen molar-refractivity contribution in [2.45, 2.75) is 25.3 Å². The highest BCUT2D eigenvalue weighted by molar-refractivity contribution is 9.10. The van der Waals surface area contributed by atoms with Crippen molar-refractivity contribution in [3.8, 4) is 0 Å². The molecule has 0 bridgehead atoms. The van der Waals surface area contributed by atoms with Crippen molar-refractivity contribution in [1.29, 1.82) is 0 Å². The summed E-state index contributed by atoms with van der Waals surface area (Å²) in [4.78, 5) is 12.3. The largest absolute Gasteiger partial charge is 0.339 e. The summed E-state index contributed by atoms with van der Waals surface area (Å²) >= 11 is 3.39. The Bertz CT molecular complexity index is 621. The Morgan fingerprint density at radius 2 is 2.26 bits per heavy atom. The van der Waals surface area contributed by atoms with Gasteiger partial charge < -0.3 is 5.32 Å². The molecule has 98 valence electrons. The maximum atomic E-state index is 12.3. The van der Waals surface area contributed by atoms with E-state index in [0.29, 0.717) is 11.4 Å². The van der Waals surface area contributed by atoms with Crippen molar-refractivity contribution in [3.05, 3.63) is 39.6 Å². The number of H-pyrrole nitrogens is 1. The molecule has 7 heteroatoms. The number of nitrogens with zero attached hydrogens (tertiary/aromatic N) is 3. The average molecular weight is 322 g/mol. The second-order valence-electron chi connectivity index (χ2n) is 4.73. The van der Waals surface area contributed by atoms with Gasteiger partial charge in [0, 0.05) is 10.0 Å². The van der Waals surface area contributed by atoms with E-state index in [1.54, 1.807) is 6.07 Å². The van der Waals surface area contributed by atoms with Gasteiger partial charge in [-0.25, -0.2) is 0 Å². The number of nitrogens with one attached hydrogen (secondary N) is 2. The number of hydrogen-bond acceptors (Lipinski definition) is 4. The zero-order valence-corrected chi connectivity index (χ0v) is 11.9. The maximum Gasteiger partial charge on any atom is 0.252 e. The first kappa shape index (κ1) is 12.3. The highest BCUT2D eigenvalue weighted by Gasteiger charge is 2.49. The second kappa shape index (κ2) is 4.41. The Morgan fingerprint density at radius 1 is 1.47 bits per heavy atom. The molecular weight excluding hydrogens is 310 g/mol. The Balaban J connectivity index is 1.82. The molecule has 1 fully saturated rings. The van der Waals surface area contributed by atoms with E-state index in [4.69, 9.17) is 0 Å². The SMILES string of the molecule is Cc1cc(Br)ccc1C(=O)NC1(c2nn[nH]n2)CC1. The minimum absolute atomic E-state index is 0.104. The molecule has 6 nitrogen and oxygen atoms in total. The summed E-state index contributed by atoms with van der Waals surface area (Å²) in [7, 11) is 0. The fraction of sp³-hybridized carbons (Fsp3) is 0.333. The van der Waals surface area contributed by atoms with Crippen LogP contribution in [0.25, 0.3) is 0 Å². The van der Waals surface area contributed by atoms with Crippen molar-refractivity contribution in [1.82, 2.24) is 25.9 Å². The van der Waals surface area contributed by atoms with E-state index in [1.807, 2.05) is 19.1 Å². The first-order valence-electron chi connectivity index (χ1n) is 5.93. The van der Waals surface area contributed by atoms with Crippen LogP contribution in [0.4, 0.5) is 0 Å². The van der Waals surface area contributed by atoms with Gasteiger partial charge in [0.2, 0.25) is 0 Å². The standard InChI is InChI=1S/C12H12BrN5O/c1-7-6-8(13)2-3-9(7)10(19)14-12(4-5-12)11-15-17-18-16-11/h2-3,6H,4-5H2,1H3,(H,14,19)(H,15,16,17,18). The molecule has 0 saturated heterocycles. The number of aromatic nitrogens is 4. The van der Waals surface area contributed by atoms with Crippen molar-refractivity contribution in [3.63, 3.8) is 0 Å². The highest BCUT2D eigenvalue weighted by Crippen LogP contribution is 2.43. The van der Waals surface area contributed by atoms with Crippen LogP contribution in [-0.2, 0) is 5.54 Å². The number of amides is 1. The molecule has 1 aliphatic carbocycles. The lowest BCUT2D eigenvalue weighted by Crippen LogP contribution is -2.36. The van der Waals surface area contributed by atoms with Gasteiger partial charge in [0.25, 0.3) is 5.91 Å². The molecule has 2 N–H and O–H groups in total. The predicted molar refractivity (Wildman–Crippen MR) is 71.4 cm³/mol. The molecule has 1 amide bonds. The summed E-state index contributed by atoms with van der Waals surface area (Å²) in [6.07, 6.45) is 1.68. The molecule has 2 aromatic rings. The van der Waals surface area contributed by atoms with Gasteiger partial charge in [0.05, 0.1) is 0 Å². The minimum atomic E-state index is -0.441. The molecule has 1 aliphatic rings. The van der Waals surface area contributed by atoms with Gasteiger partial charge >= 0.3 is 0 Å². The maximum absolute atomic E-state index is 12.3. The third-order valence-corrected chi connectivity index (χ3v) is 3.80. The van der Waals surface area contributed by atoms with E-state index in [2.05, 4.69) is 41.9 Å². The zero-order valence-electron chi connectivity index (χ0n) is 10.3. The first-order chi connectivity index (χ1) is 9.11. The van der Waals surface area contributed by atoms with Crippen LogP contribution >= 0.6 is 15.9 Å². The molecule has 1 aromatic carbocycles. The summed E-state index contributed by atoms with van der Waals surface area (Å²) in [5.74, 6) is 0.447. The monoisotopic (exact) mass is 321 g/mol. The number of tetrazole rings is 1. The van der Waals surface area contributed by atoms with Gasteiger partial charge in [-0.15, -0.1) is 10.2 Å². The molecular formula is C12H12BrN5O. The Labute approximate surface area is 118 Å². The minimum Gasteiger partial charge on any atom is -0.339 e. The van der Waals surface area contributed by atoms with Crippen molar-refractivity contribution in [2.75, 3.05) is 0 Å². The highest BCUT2D eigenvalue weighted by atomic mass is 79.9. The predicted octanol–water partition coefficient (Wildman–Crippen LogP) is 1.69. The van der Waals surface area contributed by atoms with Crippen LogP contribution in [0.3, 0.4) is 0 Å². The summed E-state index contributed by atoms with van der Waals surface area (Å²) < 4.78 is 0.959. The molecule has 1 aromatic heterocycles. The van der Waals surface area contributed by atoms with Gasteiger partial charge in [-0.05, 0) is 43.5 Å². The van der Waals surface area contributed by atoms with Gasteiger partial charge in [0.1, 0.15) is 5.54 Å². The summed E-state index contributed by atoms with van der Waals surface area (Å²) in [5, 5.41) is 16.9. The lowest BCUT2D eigenvalue weighted by atomic mass is 10.1. The molecule has 1 heterocycles. The van der Waals surface area contributed by atoms with E-state index < -0.39 is 5.54 Å². The number of carbonyl (C=O) groups excluding carboxylic acids is 1. The Morgan fingerprint density at radius 3 is 2.84 bits per heavy atom. The van der Waals surface area contributed by atoms with Gasteiger partial charge in [-0.3, -0.25) is 4.79 Å². The summed E-state index contributed by atoms with van der Waals surface area (Å²) in [6.45, 7) is 1.91. The molecule has 0 radical (unpaired) electrons. The van der Waals surface area contributed by atoms with Crippen LogP contribution in [0, 0.1) is 6.92 Å². The quantitative estimate of drug-likeness (QED) is 0.901. The third kappa shape index (κ3) is 2.25. The number of rotatable bonds is 3. The number of aryl methyl sites for hydroxylation is 1. The number of aromatic amines is 1. The Hall–Kier alpha value is -1.76. The molecule has 1 saturated carbocycles. The molecule has 0 aliphatic heterocycles. The van der Waals surface area contributed by atoms with Crippen molar-refractivity contribution < 1.29 is 4.79 Å². The second-order valence-corrected chi connectivity index (χ2v) is 5.65. The number of hydrogen-bond donors (Lipinski definition) is 2. The summed E-state index contributed by atoms with van der Waals surface area (Å²) in [5.41, 5.74) is 1.15. The van der Waals surface area contributed by atoms with Gasteiger partial charge in [-0.1, -0.05) is 21.1 Å². The lowest BCUT2D eigenvalue weighted by molar-refractivity contribution is 0.0928. The number of carbonyl (C=O) groups is 1. The van der Waals surface area contributed by atoms with Crippen LogP contribution in [-0.4, -0.2) is 26.5 Å². The van der Waals surface area contributed by atoms with Crippen LogP contribution < -0.4 is 5.32 Å². The molecule has 19 heavy (non-hydrogen) atoms. The fourth-order valence-electron chi connectivity index (χ4n) is 2.06. The van der Waals surface area contributed by atoms with Crippen LogP contribution in [0.1, 0.15) is 34.6 Å². The topological polar surface area (TPSA) is 83.6 Å². The molecule has 0 atom stereocenters. The van der Waals surface area contributed by atoms with Crippen LogP contribution in [0.5, 0.6) is 0 Å². The smallest absolute Gasteiger partial charge is 0.252 e. The van der Waals surface area contributed by atoms with E-state index in [9.17, 15) is 4.79 Å². The molecule has 0 spiro atoms. The third-order valence-electron chi connectivity index (χ3n) is 3.31. The zero-order chi connectivity index (χ0) is 13.5. The molecule has 0 unspecified atom stereocenters. The average Bonchev–Trinajstić information content (AvgIpc) is 2.92. The fourth-order valence-corrected chi connectivity index (χ4v) is 2.54. The lowest BCUT2D eigenvalue weighted by Gasteiger charge is -2.14. The first-order valence-corrected chi connectivity index (χ1v) is 6.73. The number of benzene rings is 1. The van der Waals surface area contributed by atoms with Gasteiger partial charge in [-0.2, -0.15) is 5.21 Å². The Kier molecular flexibility index (Phi) is 2.85. The van der Waals surface area contributed by atoms with E-state index in [-0.39, 0.29) is 5.91 Å². The number of halogens is 1. The van der Waals surface area contributed by atoms with E-state index >= 15 is 0 Å². The van der Waals surface area contributed by atoms with Crippen molar-refractivity contribution in [2.24, 2.45) is 0 Å². The van der Waals surface area contributed by atoms with Crippen LogP contribution in [0.15, 0.2) is 22.7 Å². The van der Waals surface area contributed by atoms with Gasteiger partial charge in [0.15, 0.2) is 5.82 Å². The molecule has 3 rings (SSSR count). The normalized spacial score (nSPS) is 16.1. The summed E-state index contributed by atoms with van der Waals surface area (Å²) in [6, 6.07) is 5.58.